The predicted molar refractivity (Wildman–Crippen MR) is 70.1 cm³/mol. The number of aryl methyl sites for hydroxylation is 1. The van der Waals surface area contributed by atoms with Crippen LogP contribution in [-0.2, 0) is 21.9 Å². The van der Waals surface area contributed by atoms with E-state index in [0.717, 1.165) is 13.1 Å². The summed E-state index contributed by atoms with van der Waals surface area (Å²) in [5.41, 5.74) is 0. The highest BCUT2D eigenvalue weighted by atomic mass is 32.2. The minimum absolute atomic E-state index is 0.170. The van der Waals surface area contributed by atoms with Crippen LogP contribution in [0.25, 0.3) is 0 Å². The lowest BCUT2D eigenvalue weighted by Crippen LogP contribution is -2.49. The normalized spacial score (nSPS) is 16.6. The number of aromatic nitrogens is 1. The minimum atomic E-state index is -3.61. The lowest BCUT2D eigenvalue weighted by atomic mass is 10.3. The molecular formula is C11H18N4O3S. The first-order valence-electron chi connectivity index (χ1n) is 6.09. The molecule has 1 saturated heterocycles. The Balaban J connectivity index is 1.92. The second-order valence-corrected chi connectivity index (χ2v) is 6.23. The summed E-state index contributed by atoms with van der Waals surface area (Å²) in [4.78, 5) is 13.7. The van der Waals surface area contributed by atoms with Gasteiger partial charge in [0, 0.05) is 45.6 Å². The van der Waals surface area contributed by atoms with Crippen molar-refractivity contribution in [3.63, 3.8) is 0 Å². The van der Waals surface area contributed by atoms with Crippen LogP contribution in [0.1, 0.15) is 0 Å². The van der Waals surface area contributed by atoms with E-state index in [1.165, 1.54) is 12.3 Å². The third kappa shape index (κ3) is 3.55. The van der Waals surface area contributed by atoms with Gasteiger partial charge in [0.1, 0.15) is 0 Å². The Morgan fingerprint density at radius 1 is 1.42 bits per heavy atom. The van der Waals surface area contributed by atoms with Gasteiger partial charge in [0.15, 0.2) is 0 Å². The Hall–Kier alpha value is -1.38. The minimum Gasteiger partial charge on any atom is -0.356 e. The van der Waals surface area contributed by atoms with E-state index in [9.17, 15) is 13.2 Å². The monoisotopic (exact) mass is 286 g/mol. The van der Waals surface area contributed by atoms with Crippen molar-refractivity contribution >= 4 is 15.9 Å². The molecule has 2 rings (SSSR count). The predicted octanol–water partition coefficient (Wildman–Crippen LogP) is -1.26. The number of carbonyl (C=O) groups is 1. The van der Waals surface area contributed by atoms with Crippen LogP contribution in [0.4, 0.5) is 0 Å². The fourth-order valence-electron chi connectivity index (χ4n) is 1.90. The number of carbonyl (C=O) groups excluding carboxylic acids is 1. The number of hydrogen-bond donors (Lipinski definition) is 2. The zero-order valence-electron chi connectivity index (χ0n) is 10.8. The number of amides is 1. The molecule has 8 heteroatoms. The van der Waals surface area contributed by atoms with Gasteiger partial charge in [-0.05, 0) is 6.07 Å². The first kappa shape index (κ1) is 14.0. The molecule has 0 aliphatic carbocycles. The second-order valence-electron chi connectivity index (χ2n) is 4.47. The Labute approximate surface area is 112 Å². The molecule has 19 heavy (non-hydrogen) atoms. The first-order valence-corrected chi connectivity index (χ1v) is 7.57. The van der Waals surface area contributed by atoms with Gasteiger partial charge in [-0.3, -0.25) is 4.79 Å². The molecule has 1 aromatic heterocycles. The Bertz CT molecular complexity index is 546. The number of hydrogen-bond acceptors (Lipinski definition) is 4. The molecule has 7 nitrogen and oxygen atoms in total. The molecule has 0 spiro atoms. The second kappa shape index (κ2) is 5.72. The van der Waals surface area contributed by atoms with E-state index in [0.29, 0.717) is 13.1 Å². The summed E-state index contributed by atoms with van der Waals surface area (Å²) in [6.45, 7) is 2.53. The van der Waals surface area contributed by atoms with E-state index in [1.54, 1.807) is 22.7 Å². The molecule has 0 unspecified atom stereocenters. The number of rotatable bonds is 4. The highest BCUT2D eigenvalue weighted by molar-refractivity contribution is 7.89. The molecule has 0 bridgehead atoms. The van der Waals surface area contributed by atoms with Crippen molar-refractivity contribution in [3.05, 3.63) is 18.5 Å². The van der Waals surface area contributed by atoms with Gasteiger partial charge in [0.2, 0.25) is 15.9 Å². The molecular weight excluding hydrogens is 268 g/mol. The fraction of sp³-hybridized carbons (Fsp3) is 0.545. The summed E-state index contributed by atoms with van der Waals surface area (Å²) in [6, 6.07) is 1.50. The van der Waals surface area contributed by atoms with Crippen molar-refractivity contribution in [1.82, 2.24) is 19.5 Å². The summed E-state index contributed by atoms with van der Waals surface area (Å²) >= 11 is 0. The van der Waals surface area contributed by atoms with E-state index in [-0.39, 0.29) is 17.3 Å². The van der Waals surface area contributed by atoms with Gasteiger partial charge >= 0.3 is 0 Å². The number of piperazine rings is 1. The van der Waals surface area contributed by atoms with Crippen molar-refractivity contribution in [2.24, 2.45) is 7.05 Å². The standard InChI is InChI=1S/C11H18N4O3S/c1-14-5-2-10(9-14)19(17,18)13-8-11(16)15-6-3-12-4-7-15/h2,5,9,12-13H,3-4,6-8H2,1H3. The van der Waals surface area contributed by atoms with Gasteiger partial charge in [-0.1, -0.05) is 0 Å². The fourth-order valence-corrected chi connectivity index (χ4v) is 2.93. The van der Waals surface area contributed by atoms with Gasteiger partial charge in [-0.25, -0.2) is 13.1 Å². The Morgan fingerprint density at radius 2 is 2.11 bits per heavy atom. The molecule has 0 aromatic carbocycles. The van der Waals surface area contributed by atoms with Crippen LogP contribution in [0, 0.1) is 0 Å². The van der Waals surface area contributed by atoms with Crippen molar-refractivity contribution in [2.45, 2.75) is 4.90 Å². The average molecular weight is 286 g/mol. The largest absolute Gasteiger partial charge is 0.356 e. The van der Waals surface area contributed by atoms with Crippen LogP contribution in [-0.4, -0.2) is 56.5 Å². The maximum Gasteiger partial charge on any atom is 0.242 e. The molecule has 0 saturated carbocycles. The molecule has 0 atom stereocenters. The van der Waals surface area contributed by atoms with Gasteiger partial charge in [-0.2, -0.15) is 0 Å². The van der Waals surface area contributed by atoms with Gasteiger partial charge in [0.05, 0.1) is 11.4 Å². The quantitative estimate of drug-likeness (QED) is 0.723. The molecule has 2 N–H and O–H groups in total. The maximum absolute atomic E-state index is 11.9. The summed E-state index contributed by atoms with van der Waals surface area (Å²) < 4.78 is 27.8. The first-order chi connectivity index (χ1) is 8.99. The van der Waals surface area contributed by atoms with Gasteiger partial charge in [-0.15, -0.1) is 0 Å². The summed E-state index contributed by atoms with van der Waals surface area (Å²) in [6.07, 6.45) is 3.14. The van der Waals surface area contributed by atoms with E-state index >= 15 is 0 Å². The lowest BCUT2D eigenvalue weighted by Gasteiger charge is -2.27. The van der Waals surface area contributed by atoms with E-state index in [2.05, 4.69) is 10.0 Å². The molecule has 1 aliphatic rings. The summed E-state index contributed by atoms with van der Waals surface area (Å²) in [5, 5.41) is 3.14. The van der Waals surface area contributed by atoms with Crippen molar-refractivity contribution in [3.8, 4) is 0 Å². The Morgan fingerprint density at radius 3 is 2.68 bits per heavy atom. The molecule has 106 valence electrons. The highest BCUT2D eigenvalue weighted by Crippen LogP contribution is 2.07. The molecule has 1 aliphatic heterocycles. The number of nitrogens with one attached hydrogen (secondary N) is 2. The van der Waals surface area contributed by atoms with E-state index in [1.807, 2.05) is 0 Å². The van der Waals surface area contributed by atoms with Gasteiger partial charge in [0.25, 0.3) is 0 Å². The van der Waals surface area contributed by atoms with Crippen LogP contribution >= 0.6 is 0 Å². The number of nitrogens with zero attached hydrogens (tertiary/aromatic N) is 2. The van der Waals surface area contributed by atoms with Crippen LogP contribution in [0.2, 0.25) is 0 Å². The van der Waals surface area contributed by atoms with Crippen LogP contribution in [0.15, 0.2) is 23.4 Å². The average Bonchev–Trinajstić information content (AvgIpc) is 2.85. The van der Waals surface area contributed by atoms with Crippen molar-refractivity contribution in [2.75, 3.05) is 32.7 Å². The molecule has 0 radical (unpaired) electrons. The van der Waals surface area contributed by atoms with Crippen LogP contribution < -0.4 is 10.0 Å². The topological polar surface area (TPSA) is 83.4 Å². The number of sulfonamides is 1. The Kier molecular flexibility index (Phi) is 4.23. The summed E-state index contributed by atoms with van der Waals surface area (Å²) in [7, 11) is -1.87. The van der Waals surface area contributed by atoms with E-state index < -0.39 is 10.0 Å². The summed E-state index contributed by atoms with van der Waals surface area (Å²) in [5.74, 6) is -0.194. The maximum atomic E-state index is 11.9. The molecule has 1 fully saturated rings. The lowest BCUT2D eigenvalue weighted by molar-refractivity contribution is -0.130. The third-order valence-electron chi connectivity index (χ3n) is 3.00. The molecule has 2 heterocycles. The van der Waals surface area contributed by atoms with Gasteiger partial charge < -0.3 is 14.8 Å². The van der Waals surface area contributed by atoms with Crippen molar-refractivity contribution in [1.29, 1.82) is 0 Å². The zero-order valence-corrected chi connectivity index (χ0v) is 11.6. The van der Waals surface area contributed by atoms with Crippen LogP contribution in [0.3, 0.4) is 0 Å². The third-order valence-corrected chi connectivity index (χ3v) is 4.38. The van der Waals surface area contributed by atoms with Crippen LogP contribution in [0.5, 0.6) is 0 Å². The van der Waals surface area contributed by atoms with E-state index in [4.69, 9.17) is 0 Å². The smallest absolute Gasteiger partial charge is 0.242 e. The molecule has 1 amide bonds. The molecule has 1 aromatic rings. The highest BCUT2D eigenvalue weighted by Gasteiger charge is 2.20. The zero-order chi connectivity index (χ0) is 13.9. The van der Waals surface area contributed by atoms with Crippen molar-refractivity contribution < 1.29 is 13.2 Å². The SMILES string of the molecule is Cn1ccc(S(=O)(=O)NCC(=O)N2CCNCC2)c1.